The number of amides is 1. The van der Waals surface area contributed by atoms with E-state index < -0.39 is 23.9 Å². The SMILES string of the molecule is O=C(O)CC[C@H](NC(=O)c1cc(Br)cc(Br)c1)C(=O)O. The molecular weight excluding hydrogens is 398 g/mol. The van der Waals surface area contributed by atoms with Gasteiger partial charge in [0.25, 0.3) is 5.91 Å². The first-order valence-corrected chi connectivity index (χ1v) is 7.09. The van der Waals surface area contributed by atoms with Gasteiger partial charge in [-0.05, 0) is 24.6 Å². The van der Waals surface area contributed by atoms with E-state index in [0.717, 1.165) is 0 Å². The summed E-state index contributed by atoms with van der Waals surface area (Å²) in [4.78, 5) is 33.4. The van der Waals surface area contributed by atoms with Gasteiger partial charge in [0.1, 0.15) is 6.04 Å². The Morgan fingerprint density at radius 1 is 1.10 bits per heavy atom. The maximum atomic E-state index is 11.9. The number of carboxylic acid groups (broad SMARTS) is 2. The molecule has 1 atom stereocenters. The molecule has 20 heavy (non-hydrogen) atoms. The zero-order valence-corrected chi connectivity index (χ0v) is 13.3. The number of hydrogen-bond acceptors (Lipinski definition) is 3. The van der Waals surface area contributed by atoms with E-state index in [9.17, 15) is 14.4 Å². The molecule has 0 heterocycles. The van der Waals surface area contributed by atoms with E-state index in [4.69, 9.17) is 10.2 Å². The molecule has 0 saturated heterocycles. The average molecular weight is 409 g/mol. The summed E-state index contributed by atoms with van der Waals surface area (Å²) in [5.41, 5.74) is 0.271. The minimum atomic E-state index is -1.27. The van der Waals surface area contributed by atoms with Gasteiger partial charge in [-0.2, -0.15) is 0 Å². The van der Waals surface area contributed by atoms with E-state index in [1.165, 1.54) is 12.1 Å². The van der Waals surface area contributed by atoms with Gasteiger partial charge in [-0.15, -0.1) is 0 Å². The number of halogens is 2. The maximum absolute atomic E-state index is 11.9. The van der Waals surface area contributed by atoms with Crippen molar-refractivity contribution in [2.45, 2.75) is 18.9 Å². The molecule has 0 aliphatic carbocycles. The molecule has 3 N–H and O–H groups in total. The van der Waals surface area contributed by atoms with E-state index in [1.54, 1.807) is 6.07 Å². The predicted molar refractivity (Wildman–Crippen MR) is 77.6 cm³/mol. The fourth-order valence-electron chi connectivity index (χ4n) is 1.45. The van der Waals surface area contributed by atoms with Crippen molar-refractivity contribution < 1.29 is 24.6 Å². The normalized spacial score (nSPS) is 11.7. The van der Waals surface area contributed by atoms with Crippen molar-refractivity contribution in [3.63, 3.8) is 0 Å². The van der Waals surface area contributed by atoms with Crippen LogP contribution in [0.3, 0.4) is 0 Å². The number of nitrogens with one attached hydrogen (secondary N) is 1. The van der Waals surface area contributed by atoms with Gasteiger partial charge >= 0.3 is 11.9 Å². The van der Waals surface area contributed by atoms with Crippen LogP contribution >= 0.6 is 31.9 Å². The van der Waals surface area contributed by atoms with Gasteiger partial charge in [0, 0.05) is 20.9 Å². The van der Waals surface area contributed by atoms with Crippen molar-refractivity contribution in [1.82, 2.24) is 5.32 Å². The first-order chi connectivity index (χ1) is 9.29. The lowest BCUT2D eigenvalue weighted by molar-refractivity contribution is -0.140. The molecule has 0 bridgehead atoms. The molecule has 1 aromatic carbocycles. The number of hydrogen-bond donors (Lipinski definition) is 3. The highest BCUT2D eigenvalue weighted by atomic mass is 79.9. The van der Waals surface area contributed by atoms with Gasteiger partial charge in [-0.25, -0.2) is 4.79 Å². The monoisotopic (exact) mass is 407 g/mol. The topological polar surface area (TPSA) is 104 Å². The Morgan fingerprint density at radius 2 is 1.65 bits per heavy atom. The summed E-state index contributed by atoms with van der Waals surface area (Å²) < 4.78 is 1.32. The standard InChI is InChI=1S/C12H11Br2NO5/c13-7-3-6(4-8(14)5-7)11(18)15-9(12(19)20)1-2-10(16)17/h3-5,9H,1-2H2,(H,15,18)(H,16,17)(H,19,20)/t9-/m0/s1. The van der Waals surface area contributed by atoms with Crippen LogP contribution in [0.4, 0.5) is 0 Å². The molecule has 0 saturated carbocycles. The molecule has 1 aromatic rings. The first kappa shape index (κ1) is 16.6. The van der Waals surface area contributed by atoms with E-state index in [1.807, 2.05) is 0 Å². The van der Waals surface area contributed by atoms with Crippen molar-refractivity contribution in [2.75, 3.05) is 0 Å². The van der Waals surface area contributed by atoms with Crippen LogP contribution < -0.4 is 5.32 Å². The van der Waals surface area contributed by atoms with Crippen LogP contribution in [-0.4, -0.2) is 34.1 Å². The second-order valence-electron chi connectivity index (χ2n) is 3.95. The summed E-state index contributed by atoms with van der Waals surface area (Å²) in [5.74, 6) is -2.96. The predicted octanol–water partition coefficient (Wildman–Crippen LogP) is 2.26. The average Bonchev–Trinajstić information content (AvgIpc) is 2.32. The molecule has 0 spiro atoms. The van der Waals surface area contributed by atoms with Crippen molar-refractivity contribution in [2.24, 2.45) is 0 Å². The third-order valence-electron chi connectivity index (χ3n) is 2.38. The van der Waals surface area contributed by atoms with Crippen molar-refractivity contribution in [1.29, 1.82) is 0 Å². The third kappa shape index (κ3) is 5.30. The summed E-state index contributed by atoms with van der Waals surface area (Å²) in [6.45, 7) is 0. The summed E-state index contributed by atoms with van der Waals surface area (Å²) in [7, 11) is 0. The zero-order chi connectivity index (χ0) is 15.3. The minimum absolute atomic E-state index is 0.175. The van der Waals surface area contributed by atoms with Gasteiger partial charge < -0.3 is 15.5 Å². The number of carbonyl (C=O) groups is 3. The fourth-order valence-corrected chi connectivity index (χ4v) is 2.75. The number of carbonyl (C=O) groups excluding carboxylic acids is 1. The van der Waals surface area contributed by atoms with Crippen LogP contribution in [0.5, 0.6) is 0 Å². The highest BCUT2D eigenvalue weighted by molar-refractivity contribution is 9.11. The Kier molecular flexibility index (Phi) is 6.15. The van der Waals surface area contributed by atoms with Crippen LogP contribution in [0.2, 0.25) is 0 Å². The van der Waals surface area contributed by atoms with E-state index in [-0.39, 0.29) is 18.4 Å². The summed E-state index contributed by atoms with van der Waals surface area (Å²) in [5, 5.41) is 19.8. The maximum Gasteiger partial charge on any atom is 0.326 e. The van der Waals surface area contributed by atoms with Gasteiger partial charge in [0.05, 0.1) is 0 Å². The Hall–Kier alpha value is -1.41. The lowest BCUT2D eigenvalue weighted by atomic mass is 10.1. The molecule has 6 nitrogen and oxygen atoms in total. The molecule has 0 fully saturated rings. The van der Waals surface area contributed by atoms with Gasteiger partial charge in [-0.1, -0.05) is 31.9 Å². The van der Waals surface area contributed by atoms with Crippen LogP contribution in [-0.2, 0) is 9.59 Å². The van der Waals surface area contributed by atoms with Crippen molar-refractivity contribution >= 4 is 49.7 Å². The molecule has 0 unspecified atom stereocenters. The second kappa shape index (κ2) is 7.39. The van der Waals surface area contributed by atoms with Gasteiger partial charge in [0.2, 0.25) is 0 Å². The van der Waals surface area contributed by atoms with Crippen molar-refractivity contribution in [3.05, 3.63) is 32.7 Å². The van der Waals surface area contributed by atoms with E-state index >= 15 is 0 Å². The quantitative estimate of drug-likeness (QED) is 0.669. The molecule has 8 heteroatoms. The molecule has 108 valence electrons. The zero-order valence-electron chi connectivity index (χ0n) is 10.1. The Morgan fingerprint density at radius 3 is 2.10 bits per heavy atom. The second-order valence-corrected chi connectivity index (χ2v) is 5.79. The van der Waals surface area contributed by atoms with Crippen LogP contribution in [0.25, 0.3) is 0 Å². The Bertz CT molecular complexity index is 526. The van der Waals surface area contributed by atoms with E-state index in [2.05, 4.69) is 37.2 Å². The fraction of sp³-hybridized carbons (Fsp3) is 0.250. The highest BCUT2D eigenvalue weighted by Gasteiger charge is 2.21. The van der Waals surface area contributed by atoms with Crippen LogP contribution in [0, 0.1) is 0 Å². The Balaban J connectivity index is 2.79. The molecule has 0 radical (unpaired) electrons. The Labute approximate surface area is 131 Å². The highest BCUT2D eigenvalue weighted by Crippen LogP contribution is 2.20. The number of carboxylic acids is 2. The number of rotatable bonds is 6. The van der Waals surface area contributed by atoms with Crippen molar-refractivity contribution in [3.8, 4) is 0 Å². The molecule has 0 aromatic heterocycles. The summed E-state index contributed by atoms with van der Waals surface area (Å²) in [6.07, 6.45) is -0.509. The number of aliphatic carboxylic acids is 2. The summed E-state index contributed by atoms with van der Waals surface area (Å²) >= 11 is 6.44. The van der Waals surface area contributed by atoms with E-state index in [0.29, 0.717) is 8.95 Å². The molecule has 1 amide bonds. The molecule has 0 aliphatic heterocycles. The largest absolute Gasteiger partial charge is 0.481 e. The molecule has 0 aliphatic rings. The molecule has 1 rings (SSSR count). The van der Waals surface area contributed by atoms with Gasteiger partial charge in [-0.3, -0.25) is 9.59 Å². The summed E-state index contributed by atoms with van der Waals surface area (Å²) in [6, 6.07) is 3.57. The van der Waals surface area contributed by atoms with Crippen LogP contribution in [0.1, 0.15) is 23.2 Å². The first-order valence-electron chi connectivity index (χ1n) is 5.51. The lowest BCUT2D eigenvalue weighted by Crippen LogP contribution is -2.41. The molecular formula is C12H11Br2NO5. The minimum Gasteiger partial charge on any atom is -0.481 e. The smallest absolute Gasteiger partial charge is 0.326 e. The lowest BCUT2D eigenvalue weighted by Gasteiger charge is -2.13. The van der Waals surface area contributed by atoms with Crippen LogP contribution in [0.15, 0.2) is 27.1 Å². The third-order valence-corrected chi connectivity index (χ3v) is 3.29. The number of benzene rings is 1. The van der Waals surface area contributed by atoms with Gasteiger partial charge in [0.15, 0.2) is 0 Å².